The number of nitrogens with one attached hydrogen (secondary N) is 2. The largest absolute Gasteiger partial charge is 0.495 e. The van der Waals surface area contributed by atoms with Gasteiger partial charge in [0.25, 0.3) is 11.6 Å². The van der Waals surface area contributed by atoms with E-state index in [0.717, 1.165) is 0 Å². The SMILES string of the molecule is CCn1c(SCC(=O)Nc2cc(Cl)ccc2OC)nnc1[C@@H](NC(=O)c1cccc([N+](=O)[O-])c1)C(C)C. The topological polar surface area (TPSA) is 141 Å². The van der Waals surface area contributed by atoms with Crippen molar-refractivity contribution >= 4 is 46.6 Å². The molecule has 0 spiro atoms. The smallest absolute Gasteiger partial charge is 0.270 e. The zero-order valence-corrected chi connectivity index (χ0v) is 22.3. The Morgan fingerprint density at radius 2 is 1.97 bits per heavy atom. The zero-order chi connectivity index (χ0) is 27.1. The Morgan fingerprint density at radius 3 is 2.62 bits per heavy atom. The summed E-state index contributed by atoms with van der Waals surface area (Å²) in [6.07, 6.45) is 0. The first-order valence-electron chi connectivity index (χ1n) is 11.4. The number of anilines is 1. The molecule has 0 unspecified atom stereocenters. The van der Waals surface area contributed by atoms with Crippen LogP contribution in [0, 0.1) is 16.0 Å². The van der Waals surface area contributed by atoms with Crippen molar-refractivity contribution in [3.05, 3.63) is 69.0 Å². The second-order valence-corrected chi connectivity index (χ2v) is 9.65. The van der Waals surface area contributed by atoms with Crippen LogP contribution in [-0.2, 0) is 11.3 Å². The Balaban J connectivity index is 1.74. The molecule has 2 amide bonds. The number of carbonyl (C=O) groups is 2. The highest BCUT2D eigenvalue weighted by molar-refractivity contribution is 7.99. The first-order chi connectivity index (χ1) is 17.6. The average molecular weight is 547 g/mol. The zero-order valence-electron chi connectivity index (χ0n) is 20.7. The van der Waals surface area contributed by atoms with Crippen LogP contribution in [0.4, 0.5) is 11.4 Å². The van der Waals surface area contributed by atoms with E-state index in [1.54, 1.807) is 18.2 Å². The van der Waals surface area contributed by atoms with Crippen molar-refractivity contribution < 1.29 is 19.2 Å². The molecule has 13 heteroatoms. The fraction of sp³-hybridized carbons (Fsp3) is 0.333. The fourth-order valence-corrected chi connectivity index (χ4v) is 4.52. The van der Waals surface area contributed by atoms with Crippen molar-refractivity contribution in [1.82, 2.24) is 20.1 Å². The summed E-state index contributed by atoms with van der Waals surface area (Å²) in [4.78, 5) is 36.0. The van der Waals surface area contributed by atoms with Crippen LogP contribution < -0.4 is 15.4 Å². The first-order valence-corrected chi connectivity index (χ1v) is 12.8. The quantitative estimate of drug-likeness (QED) is 0.200. The molecule has 3 rings (SSSR count). The molecule has 1 aromatic heterocycles. The third kappa shape index (κ3) is 6.98. The van der Waals surface area contributed by atoms with Crippen molar-refractivity contribution in [3.8, 4) is 5.75 Å². The second kappa shape index (κ2) is 12.5. The second-order valence-electron chi connectivity index (χ2n) is 8.27. The molecule has 0 aliphatic carbocycles. The number of ether oxygens (including phenoxy) is 1. The number of non-ortho nitro benzene ring substituents is 1. The monoisotopic (exact) mass is 546 g/mol. The number of hydrogen-bond donors (Lipinski definition) is 2. The van der Waals surface area contributed by atoms with Gasteiger partial charge in [0.2, 0.25) is 5.91 Å². The van der Waals surface area contributed by atoms with Gasteiger partial charge in [-0.3, -0.25) is 19.7 Å². The molecule has 2 N–H and O–H groups in total. The molecule has 0 aliphatic rings. The molecule has 0 aliphatic heterocycles. The third-order valence-electron chi connectivity index (χ3n) is 5.38. The maximum Gasteiger partial charge on any atom is 0.270 e. The molecule has 196 valence electrons. The van der Waals surface area contributed by atoms with Crippen LogP contribution in [0.3, 0.4) is 0 Å². The van der Waals surface area contributed by atoms with Gasteiger partial charge in [0, 0.05) is 29.3 Å². The van der Waals surface area contributed by atoms with E-state index >= 15 is 0 Å². The van der Waals surface area contributed by atoms with E-state index in [1.165, 1.54) is 43.1 Å². The molecule has 1 atom stereocenters. The Bertz CT molecular complexity index is 1300. The van der Waals surface area contributed by atoms with Crippen LogP contribution in [0.1, 0.15) is 43.0 Å². The maximum absolute atomic E-state index is 12.9. The number of benzene rings is 2. The fourth-order valence-electron chi connectivity index (χ4n) is 3.54. The van der Waals surface area contributed by atoms with Crippen LogP contribution in [0.25, 0.3) is 0 Å². The summed E-state index contributed by atoms with van der Waals surface area (Å²) >= 11 is 7.23. The molecule has 37 heavy (non-hydrogen) atoms. The van der Waals surface area contributed by atoms with Crippen LogP contribution in [0.15, 0.2) is 47.6 Å². The van der Waals surface area contributed by atoms with Crippen LogP contribution in [0.5, 0.6) is 5.75 Å². The number of thioether (sulfide) groups is 1. The number of amides is 2. The van der Waals surface area contributed by atoms with Gasteiger partial charge >= 0.3 is 0 Å². The predicted octanol–water partition coefficient (Wildman–Crippen LogP) is 4.73. The van der Waals surface area contributed by atoms with Crippen molar-refractivity contribution in [1.29, 1.82) is 0 Å². The number of rotatable bonds is 11. The van der Waals surface area contributed by atoms with E-state index in [2.05, 4.69) is 20.8 Å². The van der Waals surface area contributed by atoms with Crippen molar-refractivity contribution in [2.24, 2.45) is 5.92 Å². The van der Waals surface area contributed by atoms with Gasteiger partial charge in [-0.1, -0.05) is 43.3 Å². The maximum atomic E-state index is 12.9. The lowest BCUT2D eigenvalue weighted by Gasteiger charge is -2.22. The lowest BCUT2D eigenvalue weighted by molar-refractivity contribution is -0.384. The van der Waals surface area contributed by atoms with Crippen molar-refractivity contribution in [2.75, 3.05) is 18.2 Å². The van der Waals surface area contributed by atoms with Gasteiger partial charge in [-0.2, -0.15) is 0 Å². The summed E-state index contributed by atoms with van der Waals surface area (Å²) in [5.41, 5.74) is 0.463. The van der Waals surface area contributed by atoms with Gasteiger partial charge in [-0.15, -0.1) is 10.2 Å². The van der Waals surface area contributed by atoms with E-state index in [1.807, 2.05) is 25.3 Å². The Kier molecular flexibility index (Phi) is 9.48. The van der Waals surface area contributed by atoms with E-state index in [-0.39, 0.29) is 28.8 Å². The Hall–Kier alpha value is -3.64. The molecule has 0 saturated carbocycles. The number of hydrogen-bond acceptors (Lipinski definition) is 8. The summed E-state index contributed by atoms with van der Waals surface area (Å²) in [5.74, 6) is 0.264. The molecule has 0 bridgehead atoms. The minimum Gasteiger partial charge on any atom is -0.495 e. The normalized spacial score (nSPS) is 11.7. The van der Waals surface area contributed by atoms with E-state index in [4.69, 9.17) is 16.3 Å². The Morgan fingerprint density at radius 1 is 1.22 bits per heavy atom. The molecule has 0 saturated heterocycles. The summed E-state index contributed by atoms with van der Waals surface area (Å²) < 4.78 is 7.09. The van der Waals surface area contributed by atoms with Crippen LogP contribution >= 0.6 is 23.4 Å². The van der Waals surface area contributed by atoms with Crippen molar-refractivity contribution in [3.63, 3.8) is 0 Å². The number of halogens is 1. The number of nitro groups is 1. The van der Waals surface area contributed by atoms with Gasteiger partial charge in [-0.05, 0) is 37.1 Å². The lowest BCUT2D eigenvalue weighted by Crippen LogP contribution is -2.33. The highest BCUT2D eigenvalue weighted by atomic mass is 35.5. The summed E-state index contributed by atoms with van der Waals surface area (Å²) in [7, 11) is 1.50. The standard InChI is InChI=1S/C24H27ClN6O5S/c1-5-30-22(21(14(2)3)27-23(33)15-7-6-8-17(11-15)31(34)35)28-29-24(30)37-13-20(32)26-18-12-16(25)9-10-19(18)36-4/h6-12,14,21H,5,13H2,1-4H3,(H,26,32)(H,27,33)/t21-/m0/s1. The number of aromatic nitrogens is 3. The molecule has 2 aromatic carbocycles. The number of nitro benzene ring substituents is 1. The minimum absolute atomic E-state index is 0.0557. The predicted molar refractivity (Wildman–Crippen MR) is 141 cm³/mol. The molecule has 0 fully saturated rings. The molecular formula is C24H27ClN6O5S. The van der Waals surface area contributed by atoms with Gasteiger partial charge in [0.1, 0.15) is 5.75 Å². The van der Waals surface area contributed by atoms with E-state index in [0.29, 0.717) is 34.0 Å². The highest BCUT2D eigenvalue weighted by Gasteiger charge is 2.27. The number of nitrogens with zero attached hydrogens (tertiary/aromatic N) is 4. The van der Waals surface area contributed by atoms with Gasteiger partial charge < -0.3 is 19.9 Å². The van der Waals surface area contributed by atoms with Gasteiger partial charge in [0.15, 0.2) is 11.0 Å². The summed E-state index contributed by atoms with van der Waals surface area (Å²) in [6, 6.07) is 9.95. The van der Waals surface area contributed by atoms with Gasteiger partial charge in [0.05, 0.1) is 29.5 Å². The number of methoxy groups -OCH3 is 1. The summed E-state index contributed by atoms with van der Waals surface area (Å²) in [5, 5.41) is 26.3. The first kappa shape index (κ1) is 27.9. The third-order valence-corrected chi connectivity index (χ3v) is 6.58. The molecule has 3 aromatic rings. The molecule has 1 heterocycles. The lowest BCUT2D eigenvalue weighted by atomic mass is 10.0. The minimum atomic E-state index is -0.549. The highest BCUT2D eigenvalue weighted by Crippen LogP contribution is 2.29. The van der Waals surface area contributed by atoms with Gasteiger partial charge in [-0.25, -0.2) is 0 Å². The molecule has 11 nitrogen and oxygen atoms in total. The molecular weight excluding hydrogens is 520 g/mol. The van der Waals surface area contributed by atoms with Crippen LogP contribution in [0.2, 0.25) is 5.02 Å². The van der Waals surface area contributed by atoms with E-state index in [9.17, 15) is 19.7 Å². The van der Waals surface area contributed by atoms with Crippen LogP contribution in [-0.4, -0.2) is 44.4 Å². The summed E-state index contributed by atoms with van der Waals surface area (Å²) in [6.45, 7) is 6.26. The van der Waals surface area contributed by atoms with E-state index < -0.39 is 16.9 Å². The average Bonchev–Trinajstić information content (AvgIpc) is 3.28. The van der Waals surface area contributed by atoms with Crippen molar-refractivity contribution in [2.45, 2.75) is 38.5 Å². The Labute approximate surface area is 223 Å². The molecule has 0 radical (unpaired) electrons. The number of carbonyl (C=O) groups excluding carboxylic acids is 2.